The average molecular weight is 290 g/mol. The first-order chi connectivity index (χ1) is 9.68. The Morgan fingerprint density at radius 1 is 1.24 bits per heavy atom. The Morgan fingerprint density at radius 3 is 2.33 bits per heavy atom. The quantitative estimate of drug-likeness (QED) is 0.824. The summed E-state index contributed by atoms with van der Waals surface area (Å²) in [5.74, 6) is 1.09. The van der Waals surface area contributed by atoms with Crippen LogP contribution in [0.4, 0.5) is 0 Å². The minimum Gasteiger partial charge on any atom is -0.487 e. The molecule has 0 saturated carbocycles. The lowest BCUT2D eigenvalue weighted by atomic mass is 9.97. The number of hydrogen-bond acceptors (Lipinski definition) is 3. The monoisotopic (exact) mass is 290 g/mol. The topological polar surface area (TPSA) is 35.5 Å². The van der Waals surface area contributed by atoms with E-state index < -0.39 is 0 Å². The molecule has 0 N–H and O–H groups in total. The lowest BCUT2D eigenvalue weighted by Crippen LogP contribution is -2.36. The van der Waals surface area contributed by atoms with Gasteiger partial charge in [0.1, 0.15) is 23.2 Å². The number of Topliss-reactive ketones (excluding diaryl/α,β-unsaturated/α-hetero) is 1. The molecule has 1 aromatic rings. The molecule has 0 amide bonds. The number of ketones is 1. The predicted octanol–water partition coefficient (Wildman–Crippen LogP) is 3.93. The highest BCUT2D eigenvalue weighted by atomic mass is 16.6. The summed E-state index contributed by atoms with van der Waals surface area (Å²) in [6.45, 7) is 9.98. The summed E-state index contributed by atoms with van der Waals surface area (Å²) in [6, 6.07) is 8.03. The van der Waals surface area contributed by atoms with Crippen LogP contribution in [0.15, 0.2) is 24.3 Å². The minimum absolute atomic E-state index is 0.0515. The van der Waals surface area contributed by atoms with Crippen LogP contribution in [-0.2, 0) is 16.0 Å². The van der Waals surface area contributed by atoms with Crippen LogP contribution in [0.3, 0.4) is 0 Å². The number of benzene rings is 1. The van der Waals surface area contributed by atoms with Gasteiger partial charge in [-0.05, 0) is 58.7 Å². The van der Waals surface area contributed by atoms with E-state index in [1.54, 1.807) is 6.92 Å². The average Bonchev–Trinajstić information content (AvgIpc) is 2.56. The van der Waals surface area contributed by atoms with Crippen molar-refractivity contribution in [3.05, 3.63) is 29.8 Å². The zero-order valence-corrected chi connectivity index (χ0v) is 13.7. The van der Waals surface area contributed by atoms with Crippen LogP contribution in [0.5, 0.6) is 5.75 Å². The molecular weight excluding hydrogens is 264 g/mol. The molecule has 21 heavy (non-hydrogen) atoms. The second kappa shape index (κ2) is 5.80. The van der Waals surface area contributed by atoms with Crippen LogP contribution >= 0.6 is 0 Å². The van der Waals surface area contributed by atoms with Gasteiger partial charge in [-0.15, -0.1) is 0 Å². The summed E-state index contributed by atoms with van der Waals surface area (Å²) in [5, 5.41) is 0. The van der Waals surface area contributed by atoms with Crippen molar-refractivity contribution in [2.75, 3.05) is 0 Å². The Labute approximate surface area is 127 Å². The van der Waals surface area contributed by atoms with Gasteiger partial charge in [0.25, 0.3) is 0 Å². The zero-order chi connectivity index (χ0) is 15.7. The molecule has 0 radical (unpaired) electrons. The third kappa shape index (κ3) is 4.31. The van der Waals surface area contributed by atoms with E-state index in [2.05, 4.69) is 27.7 Å². The number of ether oxygens (including phenoxy) is 2. The zero-order valence-electron chi connectivity index (χ0n) is 13.7. The SMILES string of the molecule is CC(=O)CCc1ccc(OC2CC(C)(C)OC2(C)C)cc1. The highest BCUT2D eigenvalue weighted by Crippen LogP contribution is 2.39. The molecule has 1 aliphatic rings. The molecule has 3 heteroatoms. The van der Waals surface area contributed by atoms with E-state index in [-0.39, 0.29) is 23.1 Å². The van der Waals surface area contributed by atoms with Crippen LogP contribution in [0.25, 0.3) is 0 Å². The van der Waals surface area contributed by atoms with Crippen molar-refractivity contribution in [2.45, 2.75) is 71.2 Å². The summed E-state index contributed by atoms with van der Waals surface area (Å²) in [7, 11) is 0. The predicted molar refractivity (Wildman–Crippen MR) is 83.7 cm³/mol. The van der Waals surface area contributed by atoms with E-state index in [1.807, 2.05) is 24.3 Å². The Kier molecular flexibility index (Phi) is 4.43. The van der Waals surface area contributed by atoms with Crippen LogP contribution < -0.4 is 4.74 Å². The molecule has 1 saturated heterocycles. The number of carbonyl (C=O) groups excluding carboxylic acids is 1. The summed E-state index contributed by atoms with van der Waals surface area (Å²) < 4.78 is 12.2. The van der Waals surface area contributed by atoms with Gasteiger partial charge in [-0.2, -0.15) is 0 Å². The molecule has 1 heterocycles. The third-order valence-corrected chi connectivity index (χ3v) is 3.96. The smallest absolute Gasteiger partial charge is 0.130 e. The fraction of sp³-hybridized carbons (Fsp3) is 0.611. The lowest BCUT2D eigenvalue weighted by molar-refractivity contribution is -0.116. The summed E-state index contributed by atoms with van der Waals surface area (Å²) in [4.78, 5) is 11.0. The number of aryl methyl sites for hydroxylation is 1. The van der Waals surface area contributed by atoms with Crippen molar-refractivity contribution in [1.82, 2.24) is 0 Å². The van der Waals surface area contributed by atoms with Gasteiger partial charge in [0.05, 0.1) is 5.60 Å². The minimum atomic E-state index is -0.281. The fourth-order valence-corrected chi connectivity index (χ4v) is 2.91. The van der Waals surface area contributed by atoms with E-state index in [0.717, 1.165) is 18.6 Å². The molecule has 116 valence electrons. The third-order valence-electron chi connectivity index (χ3n) is 3.96. The van der Waals surface area contributed by atoms with Crippen molar-refractivity contribution in [2.24, 2.45) is 0 Å². The maximum atomic E-state index is 11.0. The van der Waals surface area contributed by atoms with Gasteiger partial charge in [0.15, 0.2) is 0 Å². The van der Waals surface area contributed by atoms with Gasteiger partial charge in [0.2, 0.25) is 0 Å². The van der Waals surface area contributed by atoms with E-state index in [1.165, 1.54) is 5.56 Å². The Morgan fingerprint density at radius 2 is 1.86 bits per heavy atom. The fourth-order valence-electron chi connectivity index (χ4n) is 2.91. The summed E-state index contributed by atoms with van der Waals surface area (Å²) in [6.07, 6.45) is 2.32. The second-order valence-electron chi connectivity index (χ2n) is 7.12. The maximum absolute atomic E-state index is 11.0. The molecule has 2 rings (SSSR count). The first-order valence-electron chi connectivity index (χ1n) is 7.63. The highest BCUT2D eigenvalue weighted by Gasteiger charge is 2.47. The number of carbonyl (C=O) groups is 1. The van der Waals surface area contributed by atoms with Crippen LogP contribution in [0.2, 0.25) is 0 Å². The maximum Gasteiger partial charge on any atom is 0.130 e. The van der Waals surface area contributed by atoms with E-state index >= 15 is 0 Å². The Balaban J connectivity index is 1.99. The molecule has 0 bridgehead atoms. The van der Waals surface area contributed by atoms with Crippen LogP contribution in [-0.4, -0.2) is 23.1 Å². The standard InChI is InChI=1S/C18H26O3/c1-13(19)6-7-14-8-10-15(11-9-14)20-16-12-17(2,3)21-18(16,4)5/h8-11,16H,6-7,12H2,1-5H3. The molecule has 1 aromatic carbocycles. The summed E-state index contributed by atoms with van der Waals surface area (Å²) in [5.41, 5.74) is 0.742. The first-order valence-corrected chi connectivity index (χ1v) is 7.63. The van der Waals surface area contributed by atoms with Gasteiger partial charge in [-0.25, -0.2) is 0 Å². The lowest BCUT2D eigenvalue weighted by Gasteiger charge is -2.27. The molecular formula is C18H26O3. The van der Waals surface area contributed by atoms with Crippen molar-refractivity contribution >= 4 is 5.78 Å². The first kappa shape index (κ1) is 16.0. The Hall–Kier alpha value is -1.35. The molecule has 0 spiro atoms. The molecule has 3 nitrogen and oxygen atoms in total. The Bertz CT molecular complexity index is 500. The highest BCUT2D eigenvalue weighted by molar-refractivity contribution is 5.75. The van der Waals surface area contributed by atoms with E-state index in [4.69, 9.17) is 9.47 Å². The van der Waals surface area contributed by atoms with Gasteiger partial charge in [-0.1, -0.05) is 12.1 Å². The van der Waals surface area contributed by atoms with Crippen molar-refractivity contribution in [3.8, 4) is 5.75 Å². The molecule has 0 aliphatic carbocycles. The van der Waals surface area contributed by atoms with Crippen molar-refractivity contribution in [3.63, 3.8) is 0 Å². The van der Waals surface area contributed by atoms with Gasteiger partial charge >= 0.3 is 0 Å². The molecule has 1 aliphatic heterocycles. The van der Waals surface area contributed by atoms with Crippen LogP contribution in [0.1, 0.15) is 53.0 Å². The van der Waals surface area contributed by atoms with Crippen molar-refractivity contribution < 1.29 is 14.3 Å². The second-order valence-corrected chi connectivity index (χ2v) is 7.12. The van der Waals surface area contributed by atoms with E-state index in [0.29, 0.717) is 6.42 Å². The van der Waals surface area contributed by atoms with Gasteiger partial charge in [-0.3, -0.25) is 0 Å². The summed E-state index contributed by atoms with van der Waals surface area (Å²) >= 11 is 0. The van der Waals surface area contributed by atoms with Gasteiger partial charge in [0, 0.05) is 12.8 Å². The van der Waals surface area contributed by atoms with E-state index in [9.17, 15) is 4.79 Å². The van der Waals surface area contributed by atoms with Crippen molar-refractivity contribution in [1.29, 1.82) is 0 Å². The normalized spacial score (nSPS) is 23.0. The molecule has 1 fully saturated rings. The van der Waals surface area contributed by atoms with Crippen LogP contribution in [0, 0.1) is 0 Å². The molecule has 0 aromatic heterocycles. The molecule has 1 atom stereocenters. The van der Waals surface area contributed by atoms with Gasteiger partial charge < -0.3 is 14.3 Å². The largest absolute Gasteiger partial charge is 0.487 e. The molecule has 1 unspecified atom stereocenters. The number of rotatable bonds is 5. The number of hydrogen-bond donors (Lipinski definition) is 0.